The molecule has 3 N–H and O–H groups in total. The SMILES string of the molecule is Oc1ccccc1C1=N/C(=C(\c2ccccc2)c2[nH]c(-c3ccccc3O)c3ccccc23)c2ccccc21. The standard InChI is InChI=1S/C35H24N2O2/c38-29-20-10-8-18-27(29)32-23-14-4-6-16-25(23)34(36-32)31(22-12-2-1-3-13-22)35-26-17-7-5-15-24(26)33(37-35)28-19-9-11-21-30(28)39/h1-21,36,38-39H/b35-31+. The van der Waals surface area contributed by atoms with Crippen LogP contribution < -0.4 is 0 Å². The Kier molecular flexibility index (Phi) is 5.38. The van der Waals surface area contributed by atoms with E-state index in [9.17, 15) is 10.2 Å². The molecule has 0 amide bonds. The molecule has 1 aliphatic rings. The van der Waals surface area contributed by atoms with Gasteiger partial charge >= 0.3 is 0 Å². The summed E-state index contributed by atoms with van der Waals surface area (Å²) in [4.78, 5) is 8.90. The summed E-state index contributed by atoms with van der Waals surface area (Å²) in [7, 11) is 0. The van der Waals surface area contributed by atoms with Crippen molar-refractivity contribution in [3.05, 3.63) is 155 Å². The number of aromatic nitrogens is 1. The van der Waals surface area contributed by atoms with Gasteiger partial charge in [0.1, 0.15) is 11.5 Å². The predicted molar refractivity (Wildman–Crippen MR) is 158 cm³/mol. The minimum atomic E-state index is 0.195. The fourth-order valence-corrected chi connectivity index (χ4v) is 5.48. The highest BCUT2D eigenvalue weighted by Crippen LogP contribution is 2.44. The molecule has 1 aromatic heterocycles. The Hall–Kier alpha value is -5.35. The Balaban J connectivity index is 1.59. The van der Waals surface area contributed by atoms with Crippen LogP contribution >= 0.6 is 0 Å². The van der Waals surface area contributed by atoms with Gasteiger partial charge in [-0.3, -0.25) is 0 Å². The Morgan fingerprint density at radius 1 is 0.513 bits per heavy atom. The van der Waals surface area contributed by atoms with Gasteiger partial charge in [-0.1, -0.05) is 103 Å². The Morgan fingerprint density at radius 2 is 1.05 bits per heavy atom. The molecule has 0 saturated carbocycles. The smallest absolute Gasteiger partial charge is 0.124 e. The lowest BCUT2D eigenvalue weighted by Gasteiger charge is -2.12. The van der Waals surface area contributed by atoms with Gasteiger partial charge in [-0.2, -0.15) is 0 Å². The molecular formula is C35H24N2O2. The molecule has 0 radical (unpaired) electrons. The van der Waals surface area contributed by atoms with Gasteiger partial charge in [-0.25, -0.2) is 4.99 Å². The second-order valence-electron chi connectivity index (χ2n) is 9.55. The highest BCUT2D eigenvalue weighted by Gasteiger charge is 2.28. The molecule has 0 spiro atoms. The highest BCUT2D eigenvalue weighted by molar-refractivity contribution is 6.24. The zero-order valence-electron chi connectivity index (χ0n) is 21.0. The molecule has 5 aromatic carbocycles. The van der Waals surface area contributed by atoms with Gasteiger partial charge in [-0.15, -0.1) is 0 Å². The van der Waals surface area contributed by atoms with Gasteiger partial charge in [0.2, 0.25) is 0 Å². The summed E-state index contributed by atoms with van der Waals surface area (Å²) in [5.74, 6) is 0.414. The molecular weight excluding hydrogens is 480 g/mol. The number of nitrogens with zero attached hydrogens (tertiary/aromatic N) is 1. The van der Waals surface area contributed by atoms with E-state index in [1.54, 1.807) is 12.1 Å². The second-order valence-corrected chi connectivity index (χ2v) is 9.55. The van der Waals surface area contributed by atoms with E-state index in [4.69, 9.17) is 4.99 Å². The van der Waals surface area contributed by atoms with E-state index in [1.165, 1.54) is 0 Å². The first-order valence-electron chi connectivity index (χ1n) is 12.9. The average molecular weight is 505 g/mol. The normalized spacial score (nSPS) is 13.8. The molecule has 2 heterocycles. The van der Waals surface area contributed by atoms with Gasteiger partial charge in [0, 0.05) is 38.6 Å². The summed E-state index contributed by atoms with van der Waals surface area (Å²) in [6.07, 6.45) is 0. The predicted octanol–water partition coefficient (Wildman–Crippen LogP) is 8.01. The first kappa shape index (κ1) is 22.8. The minimum absolute atomic E-state index is 0.195. The number of benzene rings is 5. The summed E-state index contributed by atoms with van der Waals surface area (Å²) in [6.45, 7) is 0. The summed E-state index contributed by atoms with van der Waals surface area (Å²) in [5, 5.41) is 23.5. The number of aromatic hydroxyl groups is 2. The lowest BCUT2D eigenvalue weighted by molar-refractivity contribution is 0.474. The zero-order chi connectivity index (χ0) is 26.3. The van der Waals surface area contributed by atoms with Crippen LogP contribution in [0.15, 0.2) is 132 Å². The molecule has 4 nitrogen and oxygen atoms in total. The van der Waals surface area contributed by atoms with E-state index in [0.29, 0.717) is 5.56 Å². The summed E-state index contributed by atoms with van der Waals surface area (Å²) in [6, 6.07) is 41.3. The van der Waals surface area contributed by atoms with Crippen molar-refractivity contribution >= 4 is 27.8 Å². The number of nitrogens with one attached hydrogen (secondary N) is 1. The summed E-state index contributed by atoms with van der Waals surface area (Å²) in [5.41, 5.74) is 8.70. The number of phenolic OH excluding ortho intramolecular Hbond substituents is 2. The van der Waals surface area contributed by atoms with Gasteiger partial charge in [0.15, 0.2) is 0 Å². The van der Waals surface area contributed by atoms with E-state index in [-0.39, 0.29) is 11.5 Å². The molecule has 0 atom stereocenters. The maximum Gasteiger partial charge on any atom is 0.124 e. The summed E-state index contributed by atoms with van der Waals surface area (Å²) >= 11 is 0. The van der Waals surface area contributed by atoms with E-state index in [1.807, 2.05) is 78.9 Å². The highest BCUT2D eigenvalue weighted by atomic mass is 16.3. The number of rotatable bonds is 4. The Labute approximate surface area is 225 Å². The van der Waals surface area contributed by atoms with Crippen LogP contribution in [0, 0.1) is 0 Å². The van der Waals surface area contributed by atoms with Crippen LogP contribution in [0.5, 0.6) is 11.5 Å². The molecule has 4 heteroatoms. The Morgan fingerprint density at radius 3 is 1.74 bits per heavy atom. The number of aromatic amines is 1. The van der Waals surface area contributed by atoms with Crippen molar-refractivity contribution in [2.24, 2.45) is 4.99 Å². The van der Waals surface area contributed by atoms with Crippen molar-refractivity contribution in [2.45, 2.75) is 0 Å². The Bertz CT molecular complexity index is 1930. The lowest BCUT2D eigenvalue weighted by atomic mass is 9.93. The molecule has 0 bridgehead atoms. The summed E-state index contributed by atoms with van der Waals surface area (Å²) < 4.78 is 0. The second kappa shape index (κ2) is 9.19. The fourth-order valence-electron chi connectivity index (χ4n) is 5.48. The van der Waals surface area contributed by atoms with Gasteiger partial charge in [0.25, 0.3) is 0 Å². The topological polar surface area (TPSA) is 68.6 Å². The van der Waals surface area contributed by atoms with E-state index in [2.05, 4.69) is 41.4 Å². The third-order valence-corrected chi connectivity index (χ3v) is 7.26. The van der Waals surface area contributed by atoms with Crippen molar-refractivity contribution in [3.63, 3.8) is 0 Å². The lowest BCUT2D eigenvalue weighted by Crippen LogP contribution is -2.00. The van der Waals surface area contributed by atoms with Crippen molar-refractivity contribution in [3.8, 4) is 22.8 Å². The van der Waals surface area contributed by atoms with E-state index in [0.717, 1.165) is 61.4 Å². The molecule has 39 heavy (non-hydrogen) atoms. The van der Waals surface area contributed by atoms with Crippen molar-refractivity contribution in [1.29, 1.82) is 0 Å². The first-order chi connectivity index (χ1) is 19.2. The van der Waals surface area contributed by atoms with E-state index < -0.39 is 0 Å². The largest absolute Gasteiger partial charge is 0.507 e. The molecule has 1 aliphatic heterocycles. The molecule has 6 aromatic rings. The number of hydrogen-bond acceptors (Lipinski definition) is 3. The number of hydrogen-bond donors (Lipinski definition) is 3. The molecule has 0 aliphatic carbocycles. The van der Waals surface area contributed by atoms with Crippen LogP contribution in [0.4, 0.5) is 0 Å². The van der Waals surface area contributed by atoms with Gasteiger partial charge < -0.3 is 15.2 Å². The van der Waals surface area contributed by atoms with Crippen LogP contribution in [-0.2, 0) is 0 Å². The average Bonchev–Trinajstić information content (AvgIpc) is 3.54. The van der Waals surface area contributed by atoms with Crippen LogP contribution in [-0.4, -0.2) is 20.9 Å². The molecule has 0 fully saturated rings. The first-order valence-corrected chi connectivity index (χ1v) is 12.9. The van der Waals surface area contributed by atoms with Crippen LogP contribution in [0.1, 0.15) is 27.9 Å². The minimum Gasteiger partial charge on any atom is -0.507 e. The number of phenols is 2. The number of para-hydroxylation sites is 2. The molecule has 186 valence electrons. The molecule has 0 unspecified atom stereocenters. The molecule has 7 rings (SSSR count). The fraction of sp³-hybridized carbons (Fsp3) is 0. The number of fused-ring (bicyclic) bond motifs is 2. The maximum atomic E-state index is 10.7. The van der Waals surface area contributed by atoms with Crippen molar-refractivity contribution in [1.82, 2.24) is 4.98 Å². The van der Waals surface area contributed by atoms with Crippen LogP contribution in [0.25, 0.3) is 33.3 Å². The van der Waals surface area contributed by atoms with Crippen molar-refractivity contribution < 1.29 is 10.2 Å². The quantitative estimate of drug-likeness (QED) is 0.228. The maximum absolute atomic E-state index is 10.7. The van der Waals surface area contributed by atoms with Crippen LogP contribution in [0.3, 0.4) is 0 Å². The van der Waals surface area contributed by atoms with Crippen LogP contribution in [0.2, 0.25) is 0 Å². The monoisotopic (exact) mass is 504 g/mol. The van der Waals surface area contributed by atoms with Crippen molar-refractivity contribution in [2.75, 3.05) is 0 Å². The third-order valence-electron chi connectivity index (χ3n) is 7.26. The number of H-pyrrole nitrogens is 1. The third kappa shape index (κ3) is 3.73. The number of aliphatic imine (C=N–C) groups is 1. The van der Waals surface area contributed by atoms with E-state index >= 15 is 0 Å². The van der Waals surface area contributed by atoms with Gasteiger partial charge in [-0.05, 0) is 29.8 Å². The van der Waals surface area contributed by atoms with Gasteiger partial charge in [0.05, 0.1) is 22.8 Å². The molecule has 0 saturated heterocycles. The zero-order valence-corrected chi connectivity index (χ0v) is 21.0.